The Morgan fingerprint density at radius 2 is 1.77 bits per heavy atom. The van der Waals surface area contributed by atoms with Crippen molar-refractivity contribution in [3.05, 3.63) is 29.3 Å². The lowest BCUT2D eigenvalue weighted by Crippen LogP contribution is -1.95. The minimum Gasteiger partial charge on any atom is -0.143 e. The van der Waals surface area contributed by atoms with Crippen molar-refractivity contribution in [3.8, 4) is 0 Å². The Kier molecular flexibility index (Phi) is 3.86. The summed E-state index contributed by atoms with van der Waals surface area (Å²) in [6.45, 7) is 6.68. The van der Waals surface area contributed by atoms with Gasteiger partial charge in [0.1, 0.15) is 0 Å². The quantitative estimate of drug-likeness (QED) is 0.696. The standard InChI is InChI=1S/C12H18S/c1-4-10-6-11(5-9(2)3)8-12(13)7-10/h6-9,13H,4-5H2,1-3H3. The van der Waals surface area contributed by atoms with Crippen molar-refractivity contribution < 1.29 is 0 Å². The molecule has 1 rings (SSSR count). The maximum Gasteiger partial charge on any atom is 0.00454 e. The Morgan fingerprint density at radius 3 is 2.31 bits per heavy atom. The Balaban J connectivity index is 2.88. The third kappa shape index (κ3) is 3.43. The van der Waals surface area contributed by atoms with E-state index in [1.54, 1.807) is 0 Å². The zero-order chi connectivity index (χ0) is 9.84. The molecule has 0 nitrogen and oxygen atoms in total. The van der Waals surface area contributed by atoms with Gasteiger partial charge in [0.05, 0.1) is 0 Å². The van der Waals surface area contributed by atoms with Crippen molar-refractivity contribution >= 4 is 12.6 Å². The fourth-order valence-corrected chi connectivity index (χ4v) is 1.87. The summed E-state index contributed by atoms with van der Waals surface area (Å²) < 4.78 is 0. The molecule has 0 spiro atoms. The smallest absolute Gasteiger partial charge is 0.00454 e. The van der Waals surface area contributed by atoms with Crippen LogP contribution in [0.25, 0.3) is 0 Å². The normalized spacial score (nSPS) is 10.8. The third-order valence-electron chi connectivity index (χ3n) is 2.09. The van der Waals surface area contributed by atoms with Crippen LogP contribution in [0.15, 0.2) is 23.1 Å². The monoisotopic (exact) mass is 194 g/mol. The van der Waals surface area contributed by atoms with Crippen molar-refractivity contribution in [2.24, 2.45) is 5.92 Å². The SMILES string of the molecule is CCc1cc(S)cc(CC(C)C)c1. The summed E-state index contributed by atoms with van der Waals surface area (Å²) >= 11 is 4.40. The van der Waals surface area contributed by atoms with Crippen LogP contribution in [0.3, 0.4) is 0 Å². The highest BCUT2D eigenvalue weighted by atomic mass is 32.1. The van der Waals surface area contributed by atoms with Gasteiger partial charge in [-0.2, -0.15) is 0 Å². The Bertz CT molecular complexity index is 276. The molecule has 0 atom stereocenters. The summed E-state index contributed by atoms with van der Waals surface area (Å²) in [5, 5.41) is 0. The Hall–Kier alpha value is -0.430. The predicted molar refractivity (Wildman–Crippen MR) is 61.6 cm³/mol. The summed E-state index contributed by atoms with van der Waals surface area (Å²) in [7, 11) is 0. The first-order chi connectivity index (χ1) is 6.11. The van der Waals surface area contributed by atoms with Gasteiger partial charge in [-0.15, -0.1) is 12.6 Å². The Morgan fingerprint density at radius 1 is 1.15 bits per heavy atom. The third-order valence-corrected chi connectivity index (χ3v) is 2.35. The van der Waals surface area contributed by atoms with Crippen molar-refractivity contribution in [1.29, 1.82) is 0 Å². The van der Waals surface area contributed by atoms with E-state index in [1.807, 2.05) is 0 Å². The molecule has 0 aliphatic heterocycles. The lowest BCUT2D eigenvalue weighted by Gasteiger charge is -2.07. The zero-order valence-corrected chi connectivity index (χ0v) is 9.57. The molecule has 0 aliphatic rings. The Labute approximate surface area is 86.8 Å². The van der Waals surface area contributed by atoms with Gasteiger partial charge in [0.15, 0.2) is 0 Å². The van der Waals surface area contributed by atoms with Crippen LogP contribution in [0.4, 0.5) is 0 Å². The van der Waals surface area contributed by atoms with E-state index in [1.165, 1.54) is 11.1 Å². The number of aryl methyl sites for hydroxylation is 1. The van der Waals surface area contributed by atoms with Crippen LogP contribution in [0.5, 0.6) is 0 Å². The first-order valence-corrected chi connectivity index (χ1v) is 5.38. The minimum atomic E-state index is 0.722. The molecule has 0 heterocycles. The second-order valence-corrected chi connectivity index (χ2v) is 4.48. The van der Waals surface area contributed by atoms with Gasteiger partial charge in [-0.25, -0.2) is 0 Å². The fraction of sp³-hybridized carbons (Fsp3) is 0.500. The highest BCUT2D eigenvalue weighted by Crippen LogP contribution is 2.16. The predicted octanol–water partition coefficient (Wildman–Crippen LogP) is 3.74. The first kappa shape index (κ1) is 10.6. The minimum absolute atomic E-state index is 0.722. The maximum absolute atomic E-state index is 4.40. The molecule has 0 N–H and O–H groups in total. The van der Waals surface area contributed by atoms with Gasteiger partial charge >= 0.3 is 0 Å². The summed E-state index contributed by atoms with van der Waals surface area (Å²) in [5.41, 5.74) is 2.81. The molecule has 0 aromatic heterocycles. The van der Waals surface area contributed by atoms with Gasteiger partial charge in [-0.05, 0) is 42.0 Å². The molecule has 0 amide bonds. The zero-order valence-electron chi connectivity index (χ0n) is 8.67. The second-order valence-electron chi connectivity index (χ2n) is 3.96. The molecule has 72 valence electrons. The average molecular weight is 194 g/mol. The number of hydrogen-bond acceptors (Lipinski definition) is 1. The lowest BCUT2D eigenvalue weighted by atomic mass is 10.0. The van der Waals surface area contributed by atoms with E-state index in [0.717, 1.165) is 23.7 Å². The van der Waals surface area contributed by atoms with Gasteiger partial charge in [0.2, 0.25) is 0 Å². The van der Waals surface area contributed by atoms with Gasteiger partial charge in [0.25, 0.3) is 0 Å². The maximum atomic E-state index is 4.40. The van der Waals surface area contributed by atoms with Gasteiger partial charge in [-0.1, -0.05) is 26.8 Å². The van der Waals surface area contributed by atoms with Crippen LogP contribution in [-0.4, -0.2) is 0 Å². The molecule has 1 aromatic carbocycles. The van der Waals surface area contributed by atoms with Crippen LogP contribution in [0, 0.1) is 5.92 Å². The second kappa shape index (κ2) is 4.71. The largest absolute Gasteiger partial charge is 0.143 e. The molecular weight excluding hydrogens is 176 g/mol. The number of rotatable bonds is 3. The molecule has 0 fully saturated rings. The van der Waals surface area contributed by atoms with E-state index in [-0.39, 0.29) is 0 Å². The molecule has 0 bridgehead atoms. The molecule has 0 unspecified atom stereocenters. The molecule has 1 aromatic rings. The fourth-order valence-electron chi connectivity index (χ4n) is 1.54. The van der Waals surface area contributed by atoms with E-state index >= 15 is 0 Å². The van der Waals surface area contributed by atoms with E-state index in [9.17, 15) is 0 Å². The van der Waals surface area contributed by atoms with E-state index < -0.39 is 0 Å². The first-order valence-electron chi connectivity index (χ1n) is 4.93. The molecule has 1 heteroatoms. The summed E-state index contributed by atoms with van der Waals surface area (Å²) in [6.07, 6.45) is 2.25. The molecule has 0 saturated heterocycles. The highest BCUT2D eigenvalue weighted by molar-refractivity contribution is 7.80. The van der Waals surface area contributed by atoms with E-state index in [0.29, 0.717) is 0 Å². The van der Waals surface area contributed by atoms with Crippen molar-refractivity contribution in [3.63, 3.8) is 0 Å². The van der Waals surface area contributed by atoms with Gasteiger partial charge in [-0.3, -0.25) is 0 Å². The molecule has 0 radical (unpaired) electrons. The summed E-state index contributed by atoms with van der Waals surface area (Å²) in [5.74, 6) is 0.722. The lowest BCUT2D eigenvalue weighted by molar-refractivity contribution is 0.646. The van der Waals surface area contributed by atoms with Gasteiger partial charge in [0, 0.05) is 4.90 Å². The van der Waals surface area contributed by atoms with E-state index in [2.05, 4.69) is 51.6 Å². The number of benzene rings is 1. The van der Waals surface area contributed by atoms with Crippen LogP contribution in [0.1, 0.15) is 31.9 Å². The summed E-state index contributed by atoms with van der Waals surface area (Å²) in [6, 6.07) is 6.61. The molecule has 13 heavy (non-hydrogen) atoms. The summed E-state index contributed by atoms with van der Waals surface area (Å²) in [4.78, 5) is 1.09. The highest BCUT2D eigenvalue weighted by Gasteiger charge is 2.00. The average Bonchev–Trinajstić information content (AvgIpc) is 2.01. The topological polar surface area (TPSA) is 0 Å². The number of thiol groups is 1. The van der Waals surface area contributed by atoms with Crippen LogP contribution >= 0.6 is 12.6 Å². The van der Waals surface area contributed by atoms with Crippen molar-refractivity contribution in [2.45, 2.75) is 38.5 Å². The van der Waals surface area contributed by atoms with E-state index in [4.69, 9.17) is 0 Å². The van der Waals surface area contributed by atoms with Crippen LogP contribution in [0.2, 0.25) is 0 Å². The molecule has 0 aliphatic carbocycles. The van der Waals surface area contributed by atoms with Gasteiger partial charge < -0.3 is 0 Å². The van der Waals surface area contributed by atoms with Crippen molar-refractivity contribution in [2.75, 3.05) is 0 Å². The number of hydrogen-bond donors (Lipinski definition) is 1. The molecular formula is C12H18S. The molecule has 0 saturated carbocycles. The van der Waals surface area contributed by atoms with Crippen molar-refractivity contribution in [1.82, 2.24) is 0 Å². The van der Waals surface area contributed by atoms with Crippen LogP contribution in [-0.2, 0) is 12.8 Å². The van der Waals surface area contributed by atoms with Crippen LogP contribution < -0.4 is 0 Å².